The van der Waals surface area contributed by atoms with Crippen molar-refractivity contribution in [3.8, 4) is 0 Å². The van der Waals surface area contributed by atoms with Gasteiger partial charge in [0.1, 0.15) is 5.92 Å². The third-order valence-electron chi connectivity index (χ3n) is 5.14. The van der Waals surface area contributed by atoms with Gasteiger partial charge in [0.25, 0.3) is 0 Å². The van der Waals surface area contributed by atoms with E-state index in [1.165, 1.54) is 18.2 Å². The minimum Gasteiger partial charge on any atom is -0.481 e. The number of carboxylic acid groups (broad SMARTS) is 2. The number of unbranched alkanes of at least 4 members (excludes halogenated alkanes) is 3. The summed E-state index contributed by atoms with van der Waals surface area (Å²) < 4.78 is 0. The molecule has 0 spiro atoms. The van der Waals surface area contributed by atoms with Gasteiger partial charge in [-0.05, 0) is 30.5 Å². The van der Waals surface area contributed by atoms with E-state index in [9.17, 15) is 34.8 Å². The third-order valence-corrected chi connectivity index (χ3v) is 5.37. The molecule has 0 saturated heterocycles. The fourth-order valence-electron chi connectivity index (χ4n) is 3.57. The van der Waals surface area contributed by atoms with E-state index in [4.69, 9.17) is 11.6 Å². The molecule has 8 heteroatoms. The largest absolute Gasteiger partial charge is 0.481 e. The number of rotatable bonds is 14. The second kappa shape index (κ2) is 12.0. The van der Waals surface area contributed by atoms with Crippen LogP contribution >= 0.6 is 11.6 Å². The second-order valence-corrected chi connectivity index (χ2v) is 8.05. The van der Waals surface area contributed by atoms with Crippen LogP contribution in [0.3, 0.4) is 0 Å². The standard InChI is InChI=1S/C22H31ClO7/c1-3-5-6-7-9-15(24)13-22(30,21(28)29)19(20(26)27)16-11-10-14(23)12-17(16)18(25)8-4-2/h10-12,15,19,24,30H,3-9,13H2,1-2H3,(H,26,27)(H,28,29). The van der Waals surface area contributed by atoms with Crippen molar-refractivity contribution < 1.29 is 34.8 Å². The fourth-order valence-corrected chi connectivity index (χ4v) is 3.75. The number of carbonyl (C=O) groups is 3. The van der Waals surface area contributed by atoms with E-state index in [0.717, 1.165) is 19.3 Å². The first-order valence-electron chi connectivity index (χ1n) is 10.3. The second-order valence-electron chi connectivity index (χ2n) is 7.61. The van der Waals surface area contributed by atoms with Gasteiger partial charge in [0.05, 0.1) is 6.10 Å². The molecule has 1 rings (SSSR count). The summed E-state index contributed by atoms with van der Waals surface area (Å²) in [6.45, 7) is 3.81. The average molecular weight is 443 g/mol. The molecule has 3 atom stereocenters. The molecule has 0 aromatic heterocycles. The van der Waals surface area contributed by atoms with Gasteiger partial charge in [-0.1, -0.05) is 57.2 Å². The number of aliphatic hydroxyl groups excluding tert-OH is 1. The SMILES string of the molecule is CCCCCCC(O)CC(O)(C(=O)O)C(C(=O)O)c1ccc(Cl)cc1C(=O)CCC. The molecule has 0 aliphatic heterocycles. The van der Waals surface area contributed by atoms with E-state index in [1.807, 2.05) is 6.92 Å². The van der Waals surface area contributed by atoms with Crippen LogP contribution in [0.2, 0.25) is 5.02 Å². The molecule has 168 valence electrons. The molecule has 4 N–H and O–H groups in total. The number of carboxylic acids is 2. The predicted molar refractivity (Wildman–Crippen MR) is 113 cm³/mol. The van der Waals surface area contributed by atoms with E-state index in [2.05, 4.69) is 0 Å². The van der Waals surface area contributed by atoms with E-state index < -0.39 is 41.8 Å². The maximum Gasteiger partial charge on any atom is 0.337 e. The monoisotopic (exact) mass is 442 g/mol. The zero-order chi connectivity index (χ0) is 22.9. The van der Waals surface area contributed by atoms with Gasteiger partial charge in [0.15, 0.2) is 11.4 Å². The summed E-state index contributed by atoms with van der Waals surface area (Å²) >= 11 is 5.97. The van der Waals surface area contributed by atoms with E-state index in [0.29, 0.717) is 12.8 Å². The molecular weight excluding hydrogens is 412 g/mol. The van der Waals surface area contributed by atoms with Gasteiger partial charge in [0, 0.05) is 23.4 Å². The summed E-state index contributed by atoms with van der Waals surface area (Å²) in [5.41, 5.74) is -2.97. The van der Waals surface area contributed by atoms with Crippen molar-refractivity contribution >= 4 is 29.3 Å². The van der Waals surface area contributed by atoms with Crippen molar-refractivity contribution in [2.45, 2.75) is 82.8 Å². The Morgan fingerprint density at radius 2 is 1.73 bits per heavy atom. The Bertz CT molecular complexity index is 749. The van der Waals surface area contributed by atoms with Gasteiger partial charge < -0.3 is 20.4 Å². The molecule has 0 amide bonds. The lowest BCUT2D eigenvalue weighted by molar-refractivity contribution is -0.172. The molecule has 0 heterocycles. The summed E-state index contributed by atoms with van der Waals surface area (Å²) in [4.78, 5) is 36.6. The minimum absolute atomic E-state index is 0.0335. The Morgan fingerprint density at radius 1 is 1.07 bits per heavy atom. The molecular formula is C22H31ClO7. The molecule has 3 unspecified atom stereocenters. The summed E-state index contributed by atoms with van der Waals surface area (Å²) in [5.74, 6) is -5.72. The Kier molecular flexibility index (Phi) is 10.5. The van der Waals surface area contributed by atoms with Crippen LogP contribution in [0.4, 0.5) is 0 Å². The zero-order valence-electron chi connectivity index (χ0n) is 17.4. The molecule has 0 radical (unpaired) electrons. The van der Waals surface area contributed by atoms with Crippen LogP contribution in [0.1, 0.15) is 87.1 Å². The van der Waals surface area contributed by atoms with Crippen molar-refractivity contribution in [1.82, 2.24) is 0 Å². The normalized spacial score (nSPS) is 15.2. The third kappa shape index (κ3) is 6.79. The lowest BCUT2D eigenvalue weighted by atomic mass is 9.75. The predicted octanol–water partition coefficient (Wildman–Crippen LogP) is 4.03. The van der Waals surface area contributed by atoms with Crippen LogP contribution in [0.25, 0.3) is 0 Å². The number of carbonyl (C=O) groups excluding carboxylic acids is 1. The number of ketones is 1. The Morgan fingerprint density at radius 3 is 2.27 bits per heavy atom. The number of hydrogen-bond acceptors (Lipinski definition) is 5. The molecule has 30 heavy (non-hydrogen) atoms. The highest BCUT2D eigenvalue weighted by Crippen LogP contribution is 2.37. The lowest BCUT2D eigenvalue weighted by Crippen LogP contribution is -2.50. The van der Waals surface area contributed by atoms with Gasteiger partial charge in [-0.25, -0.2) is 4.79 Å². The topological polar surface area (TPSA) is 132 Å². The van der Waals surface area contributed by atoms with Crippen LogP contribution < -0.4 is 0 Å². The number of aliphatic hydroxyl groups is 2. The van der Waals surface area contributed by atoms with Gasteiger partial charge in [-0.15, -0.1) is 0 Å². The summed E-state index contributed by atoms with van der Waals surface area (Å²) in [5, 5.41) is 41.0. The molecule has 0 bridgehead atoms. The number of benzene rings is 1. The Balaban J connectivity index is 3.35. The average Bonchev–Trinajstić information content (AvgIpc) is 2.66. The fraction of sp³-hybridized carbons (Fsp3) is 0.591. The van der Waals surface area contributed by atoms with Crippen LogP contribution in [0, 0.1) is 0 Å². The Hall–Kier alpha value is -1.96. The smallest absolute Gasteiger partial charge is 0.337 e. The number of hydrogen-bond donors (Lipinski definition) is 4. The van der Waals surface area contributed by atoms with Crippen molar-refractivity contribution in [1.29, 1.82) is 0 Å². The summed E-state index contributed by atoms with van der Waals surface area (Å²) in [6.07, 6.45) is 2.40. The van der Waals surface area contributed by atoms with E-state index in [-0.39, 0.29) is 29.0 Å². The minimum atomic E-state index is -2.80. The molecule has 1 aromatic carbocycles. The van der Waals surface area contributed by atoms with Crippen molar-refractivity contribution in [3.63, 3.8) is 0 Å². The number of halogens is 1. The number of aliphatic carboxylic acids is 2. The van der Waals surface area contributed by atoms with Gasteiger partial charge in [0.2, 0.25) is 0 Å². The maximum atomic E-state index is 12.5. The summed E-state index contributed by atoms with van der Waals surface area (Å²) in [7, 11) is 0. The molecule has 7 nitrogen and oxygen atoms in total. The van der Waals surface area contributed by atoms with Crippen molar-refractivity contribution in [2.24, 2.45) is 0 Å². The van der Waals surface area contributed by atoms with Crippen LogP contribution in [0.15, 0.2) is 18.2 Å². The number of Topliss-reactive ketones (excluding diaryl/α,β-unsaturated/α-hetero) is 1. The molecule has 0 aliphatic rings. The Labute approximate surface area is 181 Å². The maximum absolute atomic E-state index is 12.5. The first kappa shape index (κ1) is 26.1. The van der Waals surface area contributed by atoms with Crippen LogP contribution in [-0.4, -0.2) is 49.9 Å². The quantitative estimate of drug-likeness (QED) is 0.252. The highest BCUT2D eigenvalue weighted by atomic mass is 35.5. The first-order valence-corrected chi connectivity index (χ1v) is 10.7. The first-order chi connectivity index (χ1) is 14.1. The van der Waals surface area contributed by atoms with E-state index >= 15 is 0 Å². The van der Waals surface area contributed by atoms with Crippen LogP contribution in [0.5, 0.6) is 0 Å². The summed E-state index contributed by atoms with van der Waals surface area (Å²) in [6, 6.07) is 3.89. The van der Waals surface area contributed by atoms with Crippen LogP contribution in [-0.2, 0) is 9.59 Å². The highest BCUT2D eigenvalue weighted by Gasteiger charge is 2.51. The van der Waals surface area contributed by atoms with Gasteiger partial charge in [-0.2, -0.15) is 0 Å². The molecule has 1 aromatic rings. The zero-order valence-corrected chi connectivity index (χ0v) is 18.2. The van der Waals surface area contributed by atoms with Gasteiger partial charge >= 0.3 is 11.9 Å². The molecule has 0 aliphatic carbocycles. The molecule has 0 fully saturated rings. The van der Waals surface area contributed by atoms with E-state index in [1.54, 1.807) is 6.92 Å². The lowest BCUT2D eigenvalue weighted by Gasteiger charge is -2.32. The molecule has 0 saturated carbocycles. The van der Waals surface area contributed by atoms with Gasteiger partial charge in [-0.3, -0.25) is 9.59 Å². The highest BCUT2D eigenvalue weighted by molar-refractivity contribution is 6.31. The van der Waals surface area contributed by atoms with Crippen molar-refractivity contribution in [3.05, 3.63) is 34.3 Å². The van der Waals surface area contributed by atoms with Crippen molar-refractivity contribution in [2.75, 3.05) is 0 Å².